The molecule has 3 heteroatoms. The fourth-order valence-corrected chi connectivity index (χ4v) is 4.12. The molecule has 0 saturated heterocycles. The van der Waals surface area contributed by atoms with E-state index in [4.69, 9.17) is 0 Å². The number of carbonyl (C=O) groups excluding carboxylic acids is 1. The predicted octanol–water partition coefficient (Wildman–Crippen LogP) is 5.28. The number of aromatic hydroxyl groups is 1. The molecule has 4 rings (SSSR count). The molecule has 0 spiro atoms. The molecule has 0 aromatic heterocycles. The Hall–Kier alpha value is -3.07. The number of nitrogens with one attached hydrogen (secondary N) is 1. The smallest absolute Gasteiger partial charge is 0.244 e. The summed E-state index contributed by atoms with van der Waals surface area (Å²) in [7, 11) is 0. The topological polar surface area (TPSA) is 49.3 Å². The van der Waals surface area contributed by atoms with Gasteiger partial charge in [-0.15, -0.1) is 0 Å². The van der Waals surface area contributed by atoms with Gasteiger partial charge in [-0.2, -0.15) is 0 Å². The number of anilines is 1. The highest BCUT2D eigenvalue weighted by molar-refractivity contribution is 6.11. The minimum atomic E-state index is -1.09. The molecule has 0 saturated carbocycles. The molecule has 1 heterocycles. The van der Waals surface area contributed by atoms with E-state index in [1.54, 1.807) is 6.07 Å². The Morgan fingerprint density at radius 3 is 2.29 bits per heavy atom. The van der Waals surface area contributed by atoms with E-state index in [1.807, 2.05) is 67.6 Å². The van der Waals surface area contributed by atoms with E-state index in [1.165, 1.54) is 0 Å². The summed E-state index contributed by atoms with van der Waals surface area (Å²) >= 11 is 0. The van der Waals surface area contributed by atoms with E-state index in [9.17, 15) is 9.90 Å². The molecule has 1 aliphatic rings. The summed E-state index contributed by atoms with van der Waals surface area (Å²) in [5.74, 6) is -0.0120. The lowest BCUT2D eigenvalue weighted by Crippen LogP contribution is -2.37. The highest BCUT2D eigenvalue weighted by atomic mass is 16.3. The number of phenols is 1. The first-order valence-electron chi connectivity index (χ1n) is 9.56. The number of aryl methyl sites for hydroxylation is 1. The van der Waals surface area contributed by atoms with Gasteiger partial charge in [0.1, 0.15) is 11.2 Å². The Labute approximate surface area is 166 Å². The van der Waals surface area contributed by atoms with Crippen molar-refractivity contribution in [3.63, 3.8) is 0 Å². The number of rotatable bonds is 2. The molecule has 0 fully saturated rings. The second kappa shape index (κ2) is 6.23. The van der Waals surface area contributed by atoms with Gasteiger partial charge >= 0.3 is 0 Å². The fraction of sp³-hybridized carbons (Fsp3) is 0.240. The molecule has 0 aliphatic carbocycles. The molecule has 2 N–H and O–H groups in total. The van der Waals surface area contributed by atoms with Crippen molar-refractivity contribution in [2.75, 3.05) is 5.32 Å². The normalized spacial score (nSPS) is 18.6. The monoisotopic (exact) mass is 371 g/mol. The van der Waals surface area contributed by atoms with Crippen LogP contribution in [0.25, 0.3) is 0 Å². The van der Waals surface area contributed by atoms with Gasteiger partial charge in [0.25, 0.3) is 0 Å². The van der Waals surface area contributed by atoms with E-state index < -0.39 is 5.41 Å². The van der Waals surface area contributed by atoms with Crippen LogP contribution in [0.5, 0.6) is 5.75 Å². The zero-order chi connectivity index (χ0) is 20.1. The number of hydrogen-bond donors (Lipinski definition) is 2. The van der Waals surface area contributed by atoms with Gasteiger partial charge in [0.2, 0.25) is 5.91 Å². The summed E-state index contributed by atoms with van der Waals surface area (Å²) in [6, 6.07) is 21.3. The Kier molecular flexibility index (Phi) is 4.07. The average Bonchev–Trinajstić information content (AvgIpc) is 2.94. The van der Waals surface area contributed by atoms with Crippen LogP contribution in [0.3, 0.4) is 0 Å². The lowest BCUT2D eigenvalue weighted by molar-refractivity contribution is -0.118. The molecule has 0 radical (unpaired) electrons. The minimum Gasteiger partial charge on any atom is -0.508 e. The van der Waals surface area contributed by atoms with Crippen LogP contribution in [0.15, 0.2) is 66.7 Å². The first-order chi connectivity index (χ1) is 13.2. The summed E-state index contributed by atoms with van der Waals surface area (Å²) in [5.41, 5.74) is 4.08. The van der Waals surface area contributed by atoms with E-state index >= 15 is 0 Å². The zero-order valence-electron chi connectivity index (χ0n) is 16.7. The summed E-state index contributed by atoms with van der Waals surface area (Å²) in [4.78, 5) is 13.6. The molecule has 0 bridgehead atoms. The third kappa shape index (κ3) is 2.62. The first kappa shape index (κ1) is 18.3. The first-order valence-corrected chi connectivity index (χ1v) is 9.56. The Morgan fingerprint density at radius 2 is 1.61 bits per heavy atom. The minimum absolute atomic E-state index is 0.106. The van der Waals surface area contributed by atoms with Crippen LogP contribution in [0.2, 0.25) is 0 Å². The maximum absolute atomic E-state index is 13.6. The lowest BCUT2D eigenvalue weighted by atomic mass is 9.68. The van der Waals surface area contributed by atoms with Crippen molar-refractivity contribution in [3.8, 4) is 5.75 Å². The molecule has 1 aliphatic heterocycles. The van der Waals surface area contributed by atoms with Crippen molar-refractivity contribution in [2.24, 2.45) is 0 Å². The van der Waals surface area contributed by atoms with Crippen molar-refractivity contribution in [1.29, 1.82) is 0 Å². The maximum atomic E-state index is 13.6. The standard InChI is InChI=1S/C25H25NO2/c1-16-10-12-21-19(14-16)25(23(28)26-21,17-8-6-5-7-9-17)20-15-18(24(2,3)4)11-13-22(20)27/h5-15,27H,1-4H3,(H,26,28). The van der Waals surface area contributed by atoms with Crippen molar-refractivity contribution in [3.05, 3.63) is 94.5 Å². The maximum Gasteiger partial charge on any atom is 0.244 e. The van der Waals surface area contributed by atoms with Crippen molar-refractivity contribution >= 4 is 11.6 Å². The SMILES string of the molecule is Cc1ccc2c(c1)C(c1ccccc1)(c1cc(C(C)(C)C)ccc1O)C(=O)N2. The van der Waals surface area contributed by atoms with Gasteiger partial charge in [0.15, 0.2) is 0 Å². The Bertz CT molecular complexity index is 1060. The zero-order valence-corrected chi connectivity index (χ0v) is 16.7. The molecule has 1 amide bonds. The second-order valence-corrected chi connectivity index (χ2v) is 8.60. The lowest BCUT2D eigenvalue weighted by Gasteiger charge is -2.31. The van der Waals surface area contributed by atoms with Gasteiger partial charge in [0.05, 0.1) is 0 Å². The van der Waals surface area contributed by atoms with Crippen LogP contribution in [-0.2, 0) is 15.6 Å². The number of amides is 1. The van der Waals surface area contributed by atoms with Gasteiger partial charge < -0.3 is 10.4 Å². The number of phenolic OH excluding ortho intramolecular Hbond substituents is 1. The van der Waals surface area contributed by atoms with E-state index in [-0.39, 0.29) is 17.1 Å². The highest BCUT2D eigenvalue weighted by Gasteiger charge is 2.51. The number of hydrogen-bond acceptors (Lipinski definition) is 2. The quantitative estimate of drug-likeness (QED) is 0.643. The largest absolute Gasteiger partial charge is 0.508 e. The van der Waals surface area contributed by atoms with Crippen LogP contribution in [0.1, 0.15) is 48.6 Å². The summed E-state index contributed by atoms with van der Waals surface area (Å²) in [6.07, 6.45) is 0. The third-order valence-electron chi connectivity index (χ3n) is 5.64. The molecular formula is C25H25NO2. The fourth-order valence-electron chi connectivity index (χ4n) is 4.12. The van der Waals surface area contributed by atoms with Gasteiger partial charge in [-0.25, -0.2) is 0 Å². The summed E-state index contributed by atoms with van der Waals surface area (Å²) < 4.78 is 0. The van der Waals surface area contributed by atoms with Crippen LogP contribution >= 0.6 is 0 Å². The van der Waals surface area contributed by atoms with Crippen LogP contribution in [0, 0.1) is 6.92 Å². The predicted molar refractivity (Wildman–Crippen MR) is 113 cm³/mol. The second-order valence-electron chi connectivity index (χ2n) is 8.60. The van der Waals surface area contributed by atoms with Crippen molar-refractivity contribution in [1.82, 2.24) is 0 Å². The average molecular weight is 371 g/mol. The number of benzene rings is 3. The van der Waals surface area contributed by atoms with Gasteiger partial charge in [0, 0.05) is 16.8 Å². The molecule has 3 nitrogen and oxygen atoms in total. The molecule has 1 unspecified atom stereocenters. The molecule has 3 aromatic rings. The number of carbonyl (C=O) groups is 1. The van der Waals surface area contributed by atoms with Gasteiger partial charge in [-0.05, 0) is 41.7 Å². The van der Waals surface area contributed by atoms with Gasteiger partial charge in [-0.1, -0.05) is 74.9 Å². The molecule has 28 heavy (non-hydrogen) atoms. The Morgan fingerprint density at radius 1 is 0.893 bits per heavy atom. The van der Waals surface area contributed by atoms with Crippen LogP contribution < -0.4 is 5.32 Å². The van der Waals surface area contributed by atoms with Crippen molar-refractivity contribution in [2.45, 2.75) is 38.5 Å². The molecule has 3 aromatic carbocycles. The van der Waals surface area contributed by atoms with E-state index in [0.29, 0.717) is 5.56 Å². The van der Waals surface area contributed by atoms with Crippen LogP contribution in [-0.4, -0.2) is 11.0 Å². The van der Waals surface area contributed by atoms with Gasteiger partial charge in [-0.3, -0.25) is 4.79 Å². The molecular weight excluding hydrogens is 346 g/mol. The van der Waals surface area contributed by atoms with E-state index in [0.717, 1.165) is 27.9 Å². The highest BCUT2D eigenvalue weighted by Crippen LogP contribution is 2.51. The molecule has 142 valence electrons. The summed E-state index contributed by atoms with van der Waals surface area (Å²) in [5, 5.41) is 14.0. The Balaban J connectivity index is 2.12. The molecule has 1 atom stereocenters. The van der Waals surface area contributed by atoms with Crippen molar-refractivity contribution < 1.29 is 9.90 Å². The van der Waals surface area contributed by atoms with E-state index in [2.05, 4.69) is 26.1 Å². The summed E-state index contributed by atoms with van der Waals surface area (Å²) in [6.45, 7) is 8.41. The number of fused-ring (bicyclic) bond motifs is 1. The van der Waals surface area contributed by atoms with Crippen LogP contribution in [0.4, 0.5) is 5.69 Å². The third-order valence-corrected chi connectivity index (χ3v) is 5.64.